The Bertz CT molecular complexity index is 370. The van der Waals surface area contributed by atoms with Gasteiger partial charge in [0.25, 0.3) is 0 Å². The predicted molar refractivity (Wildman–Crippen MR) is 65.2 cm³/mol. The number of aromatic nitrogens is 1. The number of aryl methyl sites for hydroxylation is 1. The molecule has 0 unspecified atom stereocenters. The van der Waals surface area contributed by atoms with Crippen molar-refractivity contribution >= 4 is 23.3 Å². The van der Waals surface area contributed by atoms with Crippen molar-refractivity contribution in [2.75, 3.05) is 6.61 Å². The fraction of sp³-hybridized carbons (Fsp3) is 0.455. The van der Waals surface area contributed by atoms with Gasteiger partial charge in [-0.05, 0) is 19.4 Å². The summed E-state index contributed by atoms with van der Waals surface area (Å²) in [6.07, 6.45) is 3.82. The zero-order valence-electron chi connectivity index (χ0n) is 9.43. The molecule has 16 heavy (non-hydrogen) atoms. The van der Waals surface area contributed by atoms with E-state index in [2.05, 4.69) is 10.3 Å². The Morgan fingerprint density at radius 2 is 2.50 bits per heavy atom. The van der Waals surface area contributed by atoms with Crippen LogP contribution in [0.15, 0.2) is 11.5 Å². The van der Waals surface area contributed by atoms with Crippen molar-refractivity contribution in [3.63, 3.8) is 0 Å². The average Bonchev–Trinajstić information content (AvgIpc) is 2.69. The van der Waals surface area contributed by atoms with E-state index in [1.807, 2.05) is 19.2 Å². The van der Waals surface area contributed by atoms with Crippen LogP contribution in [0.2, 0.25) is 0 Å². The van der Waals surface area contributed by atoms with Crippen molar-refractivity contribution in [2.24, 2.45) is 0 Å². The van der Waals surface area contributed by atoms with Gasteiger partial charge in [0.15, 0.2) is 0 Å². The molecule has 1 rings (SSSR count). The molecule has 0 saturated heterocycles. The number of hydrogen-bond acceptors (Lipinski definition) is 4. The van der Waals surface area contributed by atoms with Crippen LogP contribution in [0.4, 0.5) is 0 Å². The molecule has 1 aromatic rings. The van der Waals surface area contributed by atoms with Crippen LogP contribution in [0.5, 0.6) is 0 Å². The molecule has 0 aliphatic rings. The fourth-order valence-electron chi connectivity index (χ4n) is 1.14. The lowest BCUT2D eigenvalue weighted by Crippen LogP contribution is -2.35. The highest BCUT2D eigenvalue weighted by molar-refractivity contribution is 7.09. The van der Waals surface area contributed by atoms with Crippen LogP contribution in [-0.2, 0) is 4.79 Å². The monoisotopic (exact) mass is 240 g/mol. The van der Waals surface area contributed by atoms with Gasteiger partial charge in [-0.25, -0.2) is 4.98 Å². The molecule has 1 heterocycles. The maximum Gasteiger partial charge on any atom is 0.244 e. The Hall–Kier alpha value is -1.20. The van der Waals surface area contributed by atoms with Gasteiger partial charge in [-0.1, -0.05) is 6.92 Å². The van der Waals surface area contributed by atoms with Crippen molar-refractivity contribution in [3.8, 4) is 0 Å². The van der Waals surface area contributed by atoms with E-state index in [-0.39, 0.29) is 18.6 Å². The minimum absolute atomic E-state index is 0.0358. The average molecular weight is 240 g/mol. The summed E-state index contributed by atoms with van der Waals surface area (Å²) in [5.41, 5.74) is 0.787. The zero-order valence-corrected chi connectivity index (χ0v) is 10.3. The van der Waals surface area contributed by atoms with E-state index in [1.165, 1.54) is 6.08 Å². The number of hydrogen-bond donors (Lipinski definition) is 2. The van der Waals surface area contributed by atoms with Gasteiger partial charge in [0.2, 0.25) is 5.91 Å². The molecule has 0 aliphatic heterocycles. The molecule has 88 valence electrons. The lowest BCUT2D eigenvalue weighted by atomic mass is 10.2. The van der Waals surface area contributed by atoms with Crippen LogP contribution in [0.1, 0.15) is 24.0 Å². The third kappa shape index (κ3) is 4.12. The molecule has 0 aromatic carbocycles. The maximum atomic E-state index is 11.4. The third-order valence-electron chi connectivity index (χ3n) is 2.10. The van der Waals surface area contributed by atoms with Crippen molar-refractivity contribution in [1.82, 2.24) is 10.3 Å². The molecule has 1 atom stereocenters. The minimum atomic E-state index is -0.202. The molecule has 2 N–H and O–H groups in total. The van der Waals surface area contributed by atoms with E-state index in [0.717, 1.165) is 10.7 Å². The summed E-state index contributed by atoms with van der Waals surface area (Å²) in [6, 6.07) is -0.172. The zero-order chi connectivity index (χ0) is 12.0. The highest BCUT2D eigenvalue weighted by Gasteiger charge is 2.05. The second kappa shape index (κ2) is 6.40. The van der Waals surface area contributed by atoms with Gasteiger partial charge in [-0.15, -0.1) is 11.3 Å². The number of rotatable bonds is 5. The SMILES string of the molecule is CC[C@H](CO)NC(=O)/C=C/c1csc(C)n1. The first kappa shape index (κ1) is 12.9. The Labute approximate surface area is 99.0 Å². The molecule has 1 aromatic heterocycles. The molecule has 0 aliphatic carbocycles. The molecule has 5 heteroatoms. The van der Waals surface area contributed by atoms with Crippen molar-refractivity contribution < 1.29 is 9.90 Å². The van der Waals surface area contributed by atoms with Crippen LogP contribution in [-0.4, -0.2) is 28.6 Å². The number of carbonyl (C=O) groups is 1. The van der Waals surface area contributed by atoms with Gasteiger partial charge in [0.1, 0.15) is 0 Å². The summed E-state index contributed by atoms with van der Waals surface area (Å²) in [5.74, 6) is -0.202. The van der Waals surface area contributed by atoms with Gasteiger partial charge in [-0.2, -0.15) is 0 Å². The summed E-state index contributed by atoms with van der Waals surface area (Å²) in [4.78, 5) is 15.6. The highest BCUT2D eigenvalue weighted by Crippen LogP contribution is 2.08. The second-order valence-electron chi connectivity index (χ2n) is 3.42. The van der Waals surface area contributed by atoms with Gasteiger partial charge in [0, 0.05) is 11.5 Å². The largest absolute Gasteiger partial charge is 0.394 e. The molecule has 1 amide bonds. The Kier molecular flexibility index (Phi) is 5.14. The first-order chi connectivity index (χ1) is 7.65. The van der Waals surface area contributed by atoms with Crippen LogP contribution >= 0.6 is 11.3 Å². The normalized spacial score (nSPS) is 12.9. The summed E-state index contributed by atoms with van der Waals surface area (Å²) in [7, 11) is 0. The summed E-state index contributed by atoms with van der Waals surface area (Å²) >= 11 is 1.54. The molecular formula is C11H16N2O2S. The summed E-state index contributed by atoms with van der Waals surface area (Å²) < 4.78 is 0. The number of aliphatic hydroxyl groups excluding tert-OH is 1. The van der Waals surface area contributed by atoms with Crippen LogP contribution in [0, 0.1) is 6.92 Å². The second-order valence-corrected chi connectivity index (χ2v) is 4.48. The maximum absolute atomic E-state index is 11.4. The topological polar surface area (TPSA) is 62.2 Å². The third-order valence-corrected chi connectivity index (χ3v) is 2.89. The van der Waals surface area contributed by atoms with Crippen molar-refractivity contribution in [3.05, 3.63) is 22.2 Å². The molecule has 0 radical (unpaired) electrons. The van der Waals surface area contributed by atoms with E-state index < -0.39 is 0 Å². The standard InChI is InChI=1S/C11H16N2O2S/c1-3-9(6-14)13-11(15)5-4-10-7-16-8(2)12-10/h4-5,7,9,14H,3,6H2,1-2H3,(H,13,15)/b5-4+/t9-/m1/s1. The number of carbonyl (C=O) groups excluding carboxylic acids is 1. The van der Waals surface area contributed by atoms with Gasteiger partial charge < -0.3 is 10.4 Å². The number of nitrogens with one attached hydrogen (secondary N) is 1. The van der Waals surface area contributed by atoms with Crippen molar-refractivity contribution in [2.45, 2.75) is 26.3 Å². The van der Waals surface area contributed by atoms with Gasteiger partial charge >= 0.3 is 0 Å². The molecule has 0 spiro atoms. The molecule has 0 saturated carbocycles. The summed E-state index contributed by atoms with van der Waals surface area (Å²) in [6.45, 7) is 3.79. The lowest BCUT2D eigenvalue weighted by molar-refractivity contribution is -0.117. The fourth-order valence-corrected chi connectivity index (χ4v) is 1.72. The van der Waals surface area contributed by atoms with Crippen molar-refractivity contribution in [1.29, 1.82) is 0 Å². The van der Waals surface area contributed by atoms with Gasteiger partial charge in [0.05, 0.1) is 23.4 Å². The smallest absolute Gasteiger partial charge is 0.244 e. The van der Waals surface area contributed by atoms with Crippen LogP contribution in [0.25, 0.3) is 6.08 Å². The van der Waals surface area contributed by atoms with Crippen LogP contribution < -0.4 is 5.32 Å². The Balaban J connectivity index is 2.48. The first-order valence-electron chi connectivity index (χ1n) is 5.17. The number of thiazole rings is 1. The van der Waals surface area contributed by atoms with Gasteiger partial charge in [-0.3, -0.25) is 4.79 Å². The van der Waals surface area contributed by atoms with E-state index in [1.54, 1.807) is 17.4 Å². The predicted octanol–water partition coefficient (Wildman–Crippen LogP) is 1.35. The quantitative estimate of drug-likeness (QED) is 0.764. The molecule has 0 bridgehead atoms. The first-order valence-corrected chi connectivity index (χ1v) is 6.05. The number of aliphatic hydroxyl groups is 1. The van der Waals surface area contributed by atoms with Crippen LogP contribution in [0.3, 0.4) is 0 Å². The minimum Gasteiger partial charge on any atom is -0.394 e. The highest BCUT2D eigenvalue weighted by atomic mass is 32.1. The molecule has 0 fully saturated rings. The Morgan fingerprint density at radius 3 is 3.00 bits per heavy atom. The van der Waals surface area contributed by atoms with E-state index in [9.17, 15) is 4.79 Å². The Morgan fingerprint density at radius 1 is 1.75 bits per heavy atom. The summed E-state index contributed by atoms with van der Waals surface area (Å²) in [5, 5.41) is 14.5. The van der Waals surface area contributed by atoms with E-state index in [4.69, 9.17) is 5.11 Å². The lowest BCUT2D eigenvalue weighted by Gasteiger charge is -2.11. The molecule has 4 nitrogen and oxygen atoms in total. The van der Waals surface area contributed by atoms with E-state index in [0.29, 0.717) is 6.42 Å². The molecular weight excluding hydrogens is 224 g/mol. The number of nitrogens with zero attached hydrogens (tertiary/aromatic N) is 1. The van der Waals surface area contributed by atoms with E-state index >= 15 is 0 Å². The number of amides is 1.